The molecule has 0 saturated carbocycles. The predicted molar refractivity (Wildman–Crippen MR) is 116 cm³/mol. The summed E-state index contributed by atoms with van der Waals surface area (Å²) in [4.78, 5) is 0. The van der Waals surface area contributed by atoms with E-state index in [0.29, 0.717) is 17.9 Å². The minimum Gasteiger partial charge on any atom is -0.491 e. The number of rotatable bonds is 14. The molecule has 6 heteroatoms. The van der Waals surface area contributed by atoms with Crippen molar-refractivity contribution >= 4 is 0 Å². The summed E-state index contributed by atoms with van der Waals surface area (Å²) in [5, 5.41) is 24.3. The van der Waals surface area contributed by atoms with Gasteiger partial charge in [0.2, 0.25) is 0 Å². The molecule has 0 spiro atoms. The van der Waals surface area contributed by atoms with E-state index >= 15 is 0 Å². The molecule has 0 heterocycles. The van der Waals surface area contributed by atoms with Crippen molar-refractivity contribution in [2.45, 2.75) is 32.3 Å². The number of benzene rings is 2. The Bertz CT molecular complexity index is 934. The van der Waals surface area contributed by atoms with Crippen molar-refractivity contribution in [1.82, 2.24) is 10.6 Å². The standard InChI is InChI=1S/C23H34N2O4/c1-3-24-14-20(26)16-28-22-9-5-18(6-10-22)13-19-7-11-23(12-8-19)29-17-21(27)15-25-4-2/h5-12,20-21,24-27H,3-4,13-17H2,1-2H3/i1D3,2D3,3D2,4D2. The van der Waals surface area contributed by atoms with Crippen molar-refractivity contribution in [3.8, 4) is 11.5 Å². The second kappa shape index (κ2) is 13.2. The van der Waals surface area contributed by atoms with Crippen LogP contribution in [0.5, 0.6) is 11.5 Å². The molecule has 2 aromatic carbocycles. The highest BCUT2D eigenvalue weighted by Crippen LogP contribution is 2.18. The van der Waals surface area contributed by atoms with Gasteiger partial charge in [-0.2, -0.15) is 0 Å². The third-order valence-electron chi connectivity index (χ3n) is 3.99. The van der Waals surface area contributed by atoms with E-state index in [1.165, 1.54) is 0 Å². The topological polar surface area (TPSA) is 83.0 Å². The Hall–Kier alpha value is -2.12. The van der Waals surface area contributed by atoms with Crippen molar-refractivity contribution in [1.29, 1.82) is 0 Å². The van der Waals surface area contributed by atoms with Crippen molar-refractivity contribution in [2.75, 3.05) is 39.3 Å². The molecule has 0 fully saturated rings. The van der Waals surface area contributed by atoms with Gasteiger partial charge in [0.25, 0.3) is 0 Å². The van der Waals surface area contributed by atoms with Crippen LogP contribution in [0, 0.1) is 0 Å². The van der Waals surface area contributed by atoms with E-state index in [1.54, 1.807) is 24.3 Å². The zero-order valence-electron chi connectivity index (χ0n) is 26.0. The van der Waals surface area contributed by atoms with Crippen molar-refractivity contribution < 1.29 is 33.4 Å². The van der Waals surface area contributed by atoms with Crippen molar-refractivity contribution in [3.63, 3.8) is 0 Å². The van der Waals surface area contributed by atoms with Crippen LogP contribution < -0.4 is 20.1 Å². The summed E-state index contributed by atoms with van der Waals surface area (Å²) in [5.41, 5.74) is 1.96. The van der Waals surface area contributed by atoms with Crippen LogP contribution in [-0.4, -0.2) is 61.7 Å². The summed E-state index contributed by atoms with van der Waals surface area (Å²) in [6.07, 6.45) is -1.62. The van der Waals surface area contributed by atoms with Crippen LogP contribution in [0.4, 0.5) is 0 Å². The highest BCUT2D eigenvalue weighted by molar-refractivity contribution is 5.34. The normalized spacial score (nSPS) is 20.1. The zero-order valence-corrected chi connectivity index (χ0v) is 16.0. The van der Waals surface area contributed by atoms with E-state index in [1.807, 2.05) is 24.3 Å². The third kappa shape index (κ3) is 9.28. The molecule has 2 atom stereocenters. The molecule has 160 valence electrons. The number of aliphatic hydroxyl groups excluding tert-OH is 2. The molecule has 0 amide bonds. The van der Waals surface area contributed by atoms with Gasteiger partial charge in [-0.05, 0) is 54.8 Å². The van der Waals surface area contributed by atoms with Gasteiger partial charge in [-0.15, -0.1) is 0 Å². The maximum absolute atomic E-state index is 9.97. The number of hydrogen-bond acceptors (Lipinski definition) is 6. The highest BCUT2D eigenvalue weighted by Gasteiger charge is 2.06. The highest BCUT2D eigenvalue weighted by atomic mass is 16.5. The van der Waals surface area contributed by atoms with E-state index in [-0.39, 0.29) is 26.3 Å². The van der Waals surface area contributed by atoms with Gasteiger partial charge in [0.15, 0.2) is 0 Å². The Kier molecular flexibility index (Phi) is 5.70. The van der Waals surface area contributed by atoms with Gasteiger partial charge >= 0.3 is 0 Å². The number of hydrogen-bond donors (Lipinski definition) is 4. The molecule has 2 rings (SSSR count). The second-order valence-electron chi connectivity index (χ2n) is 6.41. The molecule has 4 N–H and O–H groups in total. The van der Waals surface area contributed by atoms with Crippen LogP contribution >= 0.6 is 0 Å². The van der Waals surface area contributed by atoms with Gasteiger partial charge in [0.1, 0.15) is 36.9 Å². The monoisotopic (exact) mass is 412 g/mol. The number of likely N-dealkylation sites (N-methyl/N-ethyl adjacent to an activating group) is 2. The summed E-state index contributed by atoms with van der Waals surface area (Å²) in [6.45, 7) is -11.9. The molecule has 0 radical (unpaired) electrons. The smallest absolute Gasteiger partial charge is 0.119 e. The Balaban J connectivity index is 1.76. The van der Waals surface area contributed by atoms with Crippen molar-refractivity contribution in [2.24, 2.45) is 0 Å². The quantitative estimate of drug-likeness (QED) is 0.380. The summed E-state index contributed by atoms with van der Waals surface area (Å²) in [5.74, 6) is 0.973. The zero-order chi connectivity index (χ0) is 29.5. The molecular formula is C23H34N2O4. The molecule has 0 aliphatic carbocycles. The summed E-state index contributed by atoms with van der Waals surface area (Å²) in [6, 6.07) is 14.3. The fraction of sp³-hybridized carbons (Fsp3) is 0.478. The van der Waals surface area contributed by atoms with E-state index in [0.717, 1.165) is 11.1 Å². The minimum atomic E-state index is -2.86. The first-order chi connectivity index (χ1) is 17.9. The molecule has 0 aromatic heterocycles. The SMILES string of the molecule is [2H]C([2H])([2H])C([2H])([2H])NCC(O)COc1ccc(Cc2ccc(OCC(O)CNC([2H])([2H])C([2H])([2H])[2H])cc2)cc1. The minimum absolute atomic E-state index is 0.151. The van der Waals surface area contributed by atoms with Crippen LogP contribution in [0.25, 0.3) is 0 Å². The van der Waals surface area contributed by atoms with Crippen LogP contribution in [0.1, 0.15) is 38.5 Å². The molecule has 0 bridgehead atoms. The van der Waals surface area contributed by atoms with Gasteiger partial charge in [-0.3, -0.25) is 0 Å². The van der Waals surface area contributed by atoms with Gasteiger partial charge in [-0.1, -0.05) is 38.0 Å². The molecule has 2 unspecified atom stereocenters. The summed E-state index contributed by atoms with van der Waals surface area (Å²) < 4.78 is 83.8. The van der Waals surface area contributed by atoms with Gasteiger partial charge in [0, 0.05) is 26.8 Å². The number of aliphatic hydroxyl groups is 2. The molecular weight excluding hydrogens is 368 g/mol. The third-order valence-corrected chi connectivity index (χ3v) is 3.99. The van der Waals surface area contributed by atoms with E-state index in [2.05, 4.69) is 10.6 Å². The van der Waals surface area contributed by atoms with Crippen LogP contribution in [0.3, 0.4) is 0 Å². The number of ether oxygens (including phenoxy) is 2. The Morgan fingerprint density at radius 2 is 1.21 bits per heavy atom. The molecule has 0 aliphatic rings. The average molecular weight is 413 g/mol. The Morgan fingerprint density at radius 1 is 0.793 bits per heavy atom. The maximum Gasteiger partial charge on any atom is 0.119 e. The van der Waals surface area contributed by atoms with E-state index in [4.69, 9.17) is 23.2 Å². The largest absolute Gasteiger partial charge is 0.491 e. The second-order valence-corrected chi connectivity index (χ2v) is 6.41. The lowest BCUT2D eigenvalue weighted by Crippen LogP contribution is -2.31. The molecule has 2 aromatic rings. The van der Waals surface area contributed by atoms with Gasteiger partial charge in [0.05, 0.1) is 0 Å². The Labute approximate surface area is 187 Å². The maximum atomic E-state index is 9.97. The van der Waals surface area contributed by atoms with Crippen molar-refractivity contribution in [3.05, 3.63) is 59.7 Å². The van der Waals surface area contributed by atoms with E-state index < -0.39 is 38.9 Å². The first kappa shape index (κ1) is 12.5. The molecule has 0 aliphatic heterocycles. The van der Waals surface area contributed by atoms with Crippen LogP contribution in [0.15, 0.2) is 48.5 Å². The lowest BCUT2D eigenvalue weighted by atomic mass is 10.0. The van der Waals surface area contributed by atoms with E-state index in [9.17, 15) is 10.2 Å². The first-order valence-electron chi connectivity index (χ1n) is 14.2. The van der Waals surface area contributed by atoms with Gasteiger partial charge < -0.3 is 30.3 Å². The number of nitrogens with one attached hydrogen (secondary N) is 2. The molecule has 6 nitrogen and oxygen atoms in total. The fourth-order valence-corrected chi connectivity index (χ4v) is 2.48. The molecule has 29 heavy (non-hydrogen) atoms. The lowest BCUT2D eigenvalue weighted by molar-refractivity contribution is 0.107. The van der Waals surface area contributed by atoms with Crippen LogP contribution in [-0.2, 0) is 6.42 Å². The summed E-state index contributed by atoms with van der Waals surface area (Å²) in [7, 11) is 0. The lowest BCUT2D eigenvalue weighted by Gasteiger charge is -2.13. The summed E-state index contributed by atoms with van der Waals surface area (Å²) >= 11 is 0. The van der Waals surface area contributed by atoms with Crippen LogP contribution in [0.2, 0.25) is 0 Å². The predicted octanol–water partition coefficient (Wildman–Crippen LogP) is 1.98. The van der Waals surface area contributed by atoms with Gasteiger partial charge in [-0.25, -0.2) is 0 Å². The fourth-order valence-electron chi connectivity index (χ4n) is 2.48. The first-order valence-corrected chi connectivity index (χ1v) is 9.19. The molecule has 0 saturated heterocycles. The average Bonchev–Trinajstić information content (AvgIpc) is 2.84. The Morgan fingerprint density at radius 3 is 1.59 bits per heavy atom.